The number of carbonyl (C=O) groups excluding carboxylic acids is 1. The lowest BCUT2D eigenvalue weighted by Gasteiger charge is -2.30. The predicted octanol–water partition coefficient (Wildman–Crippen LogP) is 4.44. The lowest BCUT2D eigenvalue weighted by Crippen LogP contribution is -2.42. The first-order valence-corrected chi connectivity index (χ1v) is 8.48. The van der Waals surface area contributed by atoms with Crippen LogP contribution in [0.15, 0.2) is 24.3 Å². The second-order valence-electron chi connectivity index (χ2n) is 6.33. The van der Waals surface area contributed by atoms with Gasteiger partial charge in [-0.15, -0.1) is 0 Å². The smallest absolute Gasteiger partial charge is 0.223 e. The molecule has 1 amide bonds. The van der Waals surface area contributed by atoms with Crippen molar-refractivity contribution in [2.24, 2.45) is 0 Å². The third kappa shape index (κ3) is 6.08. The summed E-state index contributed by atoms with van der Waals surface area (Å²) in [6.45, 7) is 11.0. The van der Waals surface area contributed by atoms with Crippen LogP contribution in [0.2, 0.25) is 0 Å². The van der Waals surface area contributed by atoms with Gasteiger partial charge >= 0.3 is 0 Å². The fourth-order valence-corrected chi connectivity index (χ4v) is 2.76. The van der Waals surface area contributed by atoms with Crippen LogP contribution in [0.3, 0.4) is 0 Å². The molecule has 0 saturated heterocycles. The number of benzene rings is 1. The normalized spacial score (nSPS) is 11.0. The number of hydrogen-bond donors (Lipinski definition) is 0. The Kier molecular flexibility index (Phi) is 8.00. The second-order valence-corrected chi connectivity index (χ2v) is 6.33. The van der Waals surface area contributed by atoms with Crippen molar-refractivity contribution in [1.29, 1.82) is 0 Å². The van der Waals surface area contributed by atoms with Crippen LogP contribution < -0.4 is 4.74 Å². The molecule has 1 aromatic rings. The standard InChI is InChI=1S/C19H31NO2/c1-6-8-17-10-12-18(13-11-17)22-14-7-9-19(21)20(15(2)3)16(4)5/h10-13,15-16H,6-9,14H2,1-5H3. The molecule has 22 heavy (non-hydrogen) atoms. The van der Waals surface area contributed by atoms with E-state index >= 15 is 0 Å². The van der Waals surface area contributed by atoms with Crippen LogP contribution in [0.5, 0.6) is 5.75 Å². The summed E-state index contributed by atoms with van der Waals surface area (Å²) in [7, 11) is 0. The average molecular weight is 305 g/mol. The van der Waals surface area contributed by atoms with E-state index in [1.54, 1.807) is 0 Å². The summed E-state index contributed by atoms with van der Waals surface area (Å²) >= 11 is 0. The van der Waals surface area contributed by atoms with Gasteiger partial charge in [-0.25, -0.2) is 0 Å². The van der Waals surface area contributed by atoms with E-state index in [-0.39, 0.29) is 18.0 Å². The van der Waals surface area contributed by atoms with E-state index in [1.165, 1.54) is 5.56 Å². The van der Waals surface area contributed by atoms with Crippen molar-refractivity contribution >= 4 is 5.91 Å². The molecule has 1 aromatic carbocycles. The second kappa shape index (κ2) is 9.50. The zero-order valence-electron chi connectivity index (χ0n) is 14.8. The number of nitrogens with zero attached hydrogens (tertiary/aromatic N) is 1. The van der Waals surface area contributed by atoms with Gasteiger partial charge in [0.15, 0.2) is 0 Å². The van der Waals surface area contributed by atoms with Gasteiger partial charge in [0.2, 0.25) is 5.91 Å². The molecule has 0 aliphatic rings. The Bertz CT molecular complexity index is 429. The van der Waals surface area contributed by atoms with Gasteiger partial charge in [0.05, 0.1) is 6.61 Å². The molecule has 0 saturated carbocycles. The van der Waals surface area contributed by atoms with Crippen molar-refractivity contribution in [2.75, 3.05) is 6.61 Å². The molecule has 0 aliphatic heterocycles. The van der Waals surface area contributed by atoms with Gasteiger partial charge in [-0.2, -0.15) is 0 Å². The van der Waals surface area contributed by atoms with Gasteiger partial charge in [0.25, 0.3) is 0 Å². The van der Waals surface area contributed by atoms with E-state index in [0.717, 1.165) is 25.0 Å². The molecule has 0 N–H and O–H groups in total. The van der Waals surface area contributed by atoms with E-state index in [2.05, 4.69) is 46.8 Å². The van der Waals surface area contributed by atoms with Crippen molar-refractivity contribution < 1.29 is 9.53 Å². The van der Waals surface area contributed by atoms with Gasteiger partial charge in [-0.3, -0.25) is 4.79 Å². The summed E-state index contributed by atoms with van der Waals surface area (Å²) in [5.74, 6) is 1.10. The van der Waals surface area contributed by atoms with Crippen molar-refractivity contribution in [2.45, 2.75) is 72.4 Å². The Balaban J connectivity index is 2.33. The molecule has 0 unspecified atom stereocenters. The molecule has 1 rings (SSSR count). The van der Waals surface area contributed by atoms with Gasteiger partial charge in [0, 0.05) is 18.5 Å². The molecule has 124 valence electrons. The molecule has 0 aliphatic carbocycles. The Hall–Kier alpha value is -1.51. The molecule has 3 heteroatoms. The topological polar surface area (TPSA) is 29.5 Å². The first-order valence-electron chi connectivity index (χ1n) is 8.48. The number of ether oxygens (including phenoxy) is 1. The number of aryl methyl sites for hydroxylation is 1. The minimum absolute atomic E-state index is 0.215. The van der Waals surface area contributed by atoms with Crippen molar-refractivity contribution in [3.63, 3.8) is 0 Å². The number of carbonyl (C=O) groups is 1. The summed E-state index contributed by atoms with van der Waals surface area (Å²) < 4.78 is 5.72. The minimum atomic E-state index is 0.215. The van der Waals surface area contributed by atoms with Gasteiger partial charge < -0.3 is 9.64 Å². The maximum atomic E-state index is 12.2. The first-order chi connectivity index (χ1) is 10.5. The maximum Gasteiger partial charge on any atom is 0.223 e. The molecular weight excluding hydrogens is 274 g/mol. The Morgan fingerprint density at radius 2 is 1.68 bits per heavy atom. The largest absolute Gasteiger partial charge is 0.494 e. The lowest BCUT2D eigenvalue weighted by molar-refractivity contribution is -0.135. The monoisotopic (exact) mass is 305 g/mol. The average Bonchev–Trinajstić information content (AvgIpc) is 2.45. The summed E-state index contributed by atoms with van der Waals surface area (Å²) in [4.78, 5) is 14.2. The maximum absolute atomic E-state index is 12.2. The fraction of sp³-hybridized carbons (Fsp3) is 0.632. The van der Waals surface area contributed by atoms with Crippen LogP contribution in [0.4, 0.5) is 0 Å². The Labute approximate surface area is 135 Å². The van der Waals surface area contributed by atoms with Crippen LogP contribution in [-0.2, 0) is 11.2 Å². The molecule has 0 aromatic heterocycles. The molecule has 0 atom stereocenters. The third-order valence-electron chi connectivity index (χ3n) is 3.67. The van der Waals surface area contributed by atoms with Crippen LogP contribution in [0.25, 0.3) is 0 Å². The van der Waals surface area contributed by atoms with E-state index in [1.807, 2.05) is 17.0 Å². The van der Waals surface area contributed by atoms with Crippen molar-refractivity contribution in [1.82, 2.24) is 4.90 Å². The van der Waals surface area contributed by atoms with Crippen LogP contribution >= 0.6 is 0 Å². The van der Waals surface area contributed by atoms with Crippen LogP contribution in [0.1, 0.15) is 59.4 Å². The van der Waals surface area contributed by atoms with Gasteiger partial charge in [0.1, 0.15) is 5.75 Å². The quantitative estimate of drug-likeness (QED) is 0.631. The minimum Gasteiger partial charge on any atom is -0.494 e. The molecule has 0 heterocycles. The van der Waals surface area contributed by atoms with Gasteiger partial charge in [-0.1, -0.05) is 25.5 Å². The van der Waals surface area contributed by atoms with E-state index < -0.39 is 0 Å². The van der Waals surface area contributed by atoms with E-state index in [9.17, 15) is 4.79 Å². The summed E-state index contributed by atoms with van der Waals surface area (Å²) in [6.07, 6.45) is 3.56. The third-order valence-corrected chi connectivity index (χ3v) is 3.67. The highest BCUT2D eigenvalue weighted by atomic mass is 16.5. The molecule has 0 spiro atoms. The summed E-state index contributed by atoms with van der Waals surface area (Å²) in [6, 6.07) is 8.76. The van der Waals surface area contributed by atoms with E-state index in [4.69, 9.17) is 4.74 Å². The van der Waals surface area contributed by atoms with Crippen LogP contribution in [-0.4, -0.2) is 29.5 Å². The predicted molar refractivity (Wildman–Crippen MR) is 92.3 cm³/mol. The number of amides is 1. The highest BCUT2D eigenvalue weighted by Crippen LogP contribution is 2.14. The first kappa shape index (κ1) is 18.5. The fourth-order valence-electron chi connectivity index (χ4n) is 2.76. The zero-order valence-corrected chi connectivity index (χ0v) is 14.8. The SMILES string of the molecule is CCCc1ccc(OCCCC(=O)N(C(C)C)C(C)C)cc1. The van der Waals surface area contributed by atoms with Crippen molar-refractivity contribution in [3.05, 3.63) is 29.8 Å². The molecule has 0 bridgehead atoms. The Morgan fingerprint density at radius 3 is 2.18 bits per heavy atom. The number of hydrogen-bond acceptors (Lipinski definition) is 2. The molecule has 0 fully saturated rings. The highest BCUT2D eigenvalue weighted by Gasteiger charge is 2.19. The highest BCUT2D eigenvalue weighted by molar-refractivity contribution is 5.76. The summed E-state index contributed by atoms with van der Waals surface area (Å²) in [5.41, 5.74) is 1.34. The van der Waals surface area contributed by atoms with Crippen LogP contribution in [0, 0.1) is 0 Å². The molecule has 3 nitrogen and oxygen atoms in total. The summed E-state index contributed by atoms with van der Waals surface area (Å²) in [5, 5.41) is 0. The Morgan fingerprint density at radius 1 is 1.09 bits per heavy atom. The molecular formula is C19H31NO2. The van der Waals surface area contributed by atoms with Gasteiger partial charge in [-0.05, 0) is 58.2 Å². The van der Waals surface area contributed by atoms with Crippen molar-refractivity contribution in [3.8, 4) is 5.75 Å². The zero-order chi connectivity index (χ0) is 16.5. The van der Waals surface area contributed by atoms with E-state index in [0.29, 0.717) is 13.0 Å². The number of rotatable bonds is 9. The lowest BCUT2D eigenvalue weighted by atomic mass is 10.1. The molecule has 0 radical (unpaired) electrons.